The van der Waals surface area contributed by atoms with Gasteiger partial charge < -0.3 is 9.80 Å². The number of carbonyl (C=O) groups excluding carboxylic acids is 2. The van der Waals surface area contributed by atoms with Gasteiger partial charge in [-0.15, -0.1) is 0 Å². The number of aryl methyl sites for hydroxylation is 1. The number of amides is 2. The molecule has 2 aliphatic rings. The van der Waals surface area contributed by atoms with Crippen LogP contribution in [-0.2, 0) is 11.2 Å². The molecule has 2 amide bonds. The molecule has 1 heterocycles. The average molecular weight is 428 g/mol. The molecule has 0 spiro atoms. The van der Waals surface area contributed by atoms with Crippen LogP contribution in [-0.4, -0.2) is 72.3 Å². The molecule has 1 aliphatic heterocycles. The smallest absolute Gasteiger partial charge is 0.253 e. The van der Waals surface area contributed by atoms with E-state index in [-0.39, 0.29) is 17.9 Å². The largest absolute Gasteiger partial charge is 0.344 e. The molecule has 1 aromatic carbocycles. The van der Waals surface area contributed by atoms with E-state index in [4.69, 9.17) is 0 Å². The van der Waals surface area contributed by atoms with E-state index in [1.807, 2.05) is 29.0 Å². The lowest BCUT2D eigenvalue weighted by atomic mass is 9.94. The van der Waals surface area contributed by atoms with Gasteiger partial charge in [-0.1, -0.05) is 45.2 Å². The van der Waals surface area contributed by atoms with E-state index in [0.29, 0.717) is 19.0 Å². The van der Waals surface area contributed by atoms with E-state index in [9.17, 15) is 9.59 Å². The van der Waals surface area contributed by atoms with Crippen molar-refractivity contribution >= 4 is 11.8 Å². The van der Waals surface area contributed by atoms with E-state index in [1.165, 1.54) is 31.2 Å². The zero-order chi connectivity index (χ0) is 22.2. The van der Waals surface area contributed by atoms with Gasteiger partial charge in [-0.2, -0.15) is 0 Å². The predicted molar refractivity (Wildman–Crippen MR) is 126 cm³/mol. The van der Waals surface area contributed by atoms with Crippen molar-refractivity contribution in [2.45, 2.75) is 71.3 Å². The highest BCUT2D eigenvalue weighted by molar-refractivity contribution is 5.94. The maximum Gasteiger partial charge on any atom is 0.253 e. The lowest BCUT2D eigenvalue weighted by molar-refractivity contribution is -0.138. The number of piperazine rings is 1. The normalized spacial score (nSPS) is 18.9. The molecule has 0 aromatic heterocycles. The molecule has 1 atom stereocenters. The summed E-state index contributed by atoms with van der Waals surface area (Å²) < 4.78 is 0. The summed E-state index contributed by atoms with van der Waals surface area (Å²) in [6.07, 6.45) is 9.20. The predicted octanol–water partition coefficient (Wildman–Crippen LogP) is 4.21. The van der Waals surface area contributed by atoms with Gasteiger partial charge >= 0.3 is 0 Å². The molecule has 172 valence electrons. The van der Waals surface area contributed by atoms with Crippen LogP contribution in [0, 0.1) is 5.92 Å². The summed E-state index contributed by atoms with van der Waals surface area (Å²) in [6, 6.07) is 8.12. The minimum absolute atomic E-state index is 0.0193. The van der Waals surface area contributed by atoms with Gasteiger partial charge in [0.25, 0.3) is 5.91 Å². The Hall–Kier alpha value is -1.88. The van der Waals surface area contributed by atoms with E-state index in [2.05, 4.69) is 30.9 Å². The van der Waals surface area contributed by atoms with Crippen LogP contribution in [0.4, 0.5) is 0 Å². The van der Waals surface area contributed by atoms with E-state index in [0.717, 1.165) is 50.9 Å². The first-order valence-electron chi connectivity index (χ1n) is 12.4. The zero-order valence-corrected chi connectivity index (χ0v) is 19.8. The van der Waals surface area contributed by atoms with Crippen molar-refractivity contribution < 1.29 is 9.59 Å². The topological polar surface area (TPSA) is 43.9 Å². The minimum atomic E-state index is -0.0193. The summed E-state index contributed by atoms with van der Waals surface area (Å²) in [5.41, 5.74) is 2.08. The Labute approximate surface area is 188 Å². The molecule has 5 nitrogen and oxygen atoms in total. The average Bonchev–Trinajstić information content (AvgIpc) is 3.32. The first-order valence-corrected chi connectivity index (χ1v) is 12.4. The van der Waals surface area contributed by atoms with Crippen LogP contribution in [0.15, 0.2) is 24.3 Å². The van der Waals surface area contributed by atoms with Gasteiger partial charge in [-0.25, -0.2) is 0 Å². The molecule has 1 saturated heterocycles. The Bertz CT molecular complexity index is 704. The van der Waals surface area contributed by atoms with E-state index in [1.54, 1.807) is 0 Å². The maximum absolute atomic E-state index is 13.3. The Morgan fingerprint density at radius 1 is 1.00 bits per heavy atom. The first-order chi connectivity index (χ1) is 15.0. The lowest BCUT2D eigenvalue weighted by Gasteiger charge is -2.42. The number of likely N-dealkylation sites (N-methyl/N-ethyl adjacent to an activating group) is 1. The molecule has 5 heteroatoms. The number of unbranched alkanes of at least 4 members (excludes halogenated alkanes) is 1. The molecule has 0 unspecified atom stereocenters. The molecule has 0 bridgehead atoms. The fraction of sp³-hybridized carbons (Fsp3) is 0.692. The monoisotopic (exact) mass is 427 g/mol. The maximum atomic E-state index is 13.3. The standard InChI is InChI=1S/C26H41N3O2/c1-4-6-9-21-12-14-23(15-13-21)25(30)29-19-17-28(18-20-29)24(22-10-7-8-11-22)26(31)27(3)16-5-2/h12-15,22,24H,4-11,16-20H2,1-3H3/t24-/m1/s1. The Balaban J connectivity index is 1.60. The number of hydrogen-bond acceptors (Lipinski definition) is 3. The van der Waals surface area contributed by atoms with Crippen molar-refractivity contribution in [2.24, 2.45) is 5.92 Å². The van der Waals surface area contributed by atoms with Crippen molar-refractivity contribution in [2.75, 3.05) is 39.8 Å². The van der Waals surface area contributed by atoms with Crippen molar-refractivity contribution in [1.82, 2.24) is 14.7 Å². The second-order valence-corrected chi connectivity index (χ2v) is 9.38. The Kier molecular flexibility index (Phi) is 8.94. The van der Waals surface area contributed by atoms with Gasteiger partial charge in [0.15, 0.2) is 0 Å². The minimum Gasteiger partial charge on any atom is -0.344 e. The van der Waals surface area contributed by atoms with E-state index >= 15 is 0 Å². The number of rotatable bonds is 9. The van der Waals surface area contributed by atoms with Gasteiger partial charge in [-0.05, 0) is 55.7 Å². The first kappa shape index (κ1) is 23.8. The van der Waals surface area contributed by atoms with Crippen molar-refractivity contribution in [3.05, 3.63) is 35.4 Å². The molecule has 0 N–H and O–H groups in total. The third-order valence-corrected chi connectivity index (χ3v) is 7.05. The van der Waals surface area contributed by atoms with Crippen molar-refractivity contribution in [1.29, 1.82) is 0 Å². The fourth-order valence-corrected chi connectivity index (χ4v) is 5.18. The van der Waals surface area contributed by atoms with Gasteiger partial charge in [0.05, 0.1) is 6.04 Å². The quantitative estimate of drug-likeness (QED) is 0.593. The summed E-state index contributed by atoms with van der Waals surface area (Å²) in [5.74, 6) is 0.856. The van der Waals surface area contributed by atoms with E-state index < -0.39 is 0 Å². The molecule has 1 aliphatic carbocycles. The lowest BCUT2D eigenvalue weighted by Crippen LogP contribution is -2.58. The highest BCUT2D eigenvalue weighted by Gasteiger charge is 2.38. The summed E-state index contributed by atoms with van der Waals surface area (Å²) in [6.45, 7) is 8.10. The SMILES string of the molecule is CCCCc1ccc(C(=O)N2CCN([C@@H](C(=O)N(C)CCC)C3CCCC3)CC2)cc1. The molecule has 3 rings (SSSR count). The molecular formula is C26H41N3O2. The Morgan fingerprint density at radius 3 is 2.23 bits per heavy atom. The summed E-state index contributed by atoms with van der Waals surface area (Å²) in [7, 11) is 1.94. The second kappa shape index (κ2) is 11.7. The van der Waals surface area contributed by atoms with Crippen LogP contribution in [0.2, 0.25) is 0 Å². The summed E-state index contributed by atoms with van der Waals surface area (Å²) in [5, 5.41) is 0. The Morgan fingerprint density at radius 2 is 1.65 bits per heavy atom. The molecule has 1 saturated carbocycles. The van der Waals surface area contributed by atoms with Crippen LogP contribution in [0.25, 0.3) is 0 Å². The highest BCUT2D eigenvalue weighted by atomic mass is 16.2. The third kappa shape index (κ3) is 6.09. The van der Waals surface area contributed by atoms with Gasteiger partial charge in [-0.3, -0.25) is 14.5 Å². The van der Waals surface area contributed by atoms with Crippen molar-refractivity contribution in [3.8, 4) is 0 Å². The molecule has 2 fully saturated rings. The van der Waals surface area contributed by atoms with Crippen LogP contribution in [0.5, 0.6) is 0 Å². The van der Waals surface area contributed by atoms with Crippen LogP contribution >= 0.6 is 0 Å². The highest BCUT2D eigenvalue weighted by Crippen LogP contribution is 2.32. The fourth-order valence-electron chi connectivity index (χ4n) is 5.18. The summed E-state index contributed by atoms with van der Waals surface area (Å²) >= 11 is 0. The molecule has 1 aromatic rings. The van der Waals surface area contributed by atoms with Crippen LogP contribution in [0.1, 0.15) is 74.7 Å². The molecular weight excluding hydrogens is 386 g/mol. The molecule has 31 heavy (non-hydrogen) atoms. The number of benzene rings is 1. The number of nitrogens with zero attached hydrogens (tertiary/aromatic N) is 3. The van der Waals surface area contributed by atoms with Crippen LogP contribution in [0.3, 0.4) is 0 Å². The number of carbonyl (C=O) groups is 2. The molecule has 0 radical (unpaired) electrons. The van der Waals surface area contributed by atoms with Crippen LogP contribution < -0.4 is 0 Å². The summed E-state index contributed by atoms with van der Waals surface area (Å²) in [4.78, 5) is 32.5. The third-order valence-electron chi connectivity index (χ3n) is 7.05. The second-order valence-electron chi connectivity index (χ2n) is 9.38. The zero-order valence-electron chi connectivity index (χ0n) is 19.8. The van der Waals surface area contributed by atoms with Gasteiger partial charge in [0.1, 0.15) is 0 Å². The van der Waals surface area contributed by atoms with Crippen molar-refractivity contribution in [3.63, 3.8) is 0 Å². The number of hydrogen-bond donors (Lipinski definition) is 0. The van der Waals surface area contributed by atoms with Gasteiger partial charge in [0, 0.05) is 45.3 Å². The van der Waals surface area contributed by atoms with Gasteiger partial charge in [0.2, 0.25) is 5.91 Å².